The molecule has 0 fully saturated rings. The summed E-state index contributed by atoms with van der Waals surface area (Å²) in [5, 5.41) is 5.93. The molecule has 1 aliphatic rings. The number of hydrogen-bond acceptors (Lipinski definition) is 3. The summed E-state index contributed by atoms with van der Waals surface area (Å²) in [5.41, 5.74) is -0.592. The zero-order valence-electron chi connectivity index (χ0n) is 20.7. The molecule has 2 unspecified atom stereocenters. The van der Waals surface area contributed by atoms with Crippen molar-refractivity contribution in [3.63, 3.8) is 0 Å². The van der Waals surface area contributed by atoms with Gasteiger partial charge in [-0.05, 0) is 42.0 Å². The van der Waals surface area contributed by atoms with E-state index in [-0.39, 0.29) is 6.04 Å². The van der Waals surface area contributed by atoms with Crippen molar-refractivity contribution in [3.05, 3.63) is 99.5 Å². The molecule has 11 heteroatoms. The van der Waals surface area contributed by atoms with E-state index in [1.54, 1.807) is 0 Å². The molecule has 0 saturated carbocycles. The Morgan fingerprint density at radius 2 is 1.58 bits per heavy atom. The molecule has 0 aliphatic carbocycles. The van der Waals surface area contributed by atoms with Crippen molar-refractivity contribution in [1.29, 1.82) is 0 Å². The molecule has 4 aromatic rings. The third-order valence-electron chi connectivity index (χ3n) is 6.32. The average molecular weight is 565 g/mol. The van der Waals surface area contributed by atoms with Gasteiger partial charge in [0.25, 0.3) is 0 Å². The Morgan fingerprint density at radius 3 is 2.13 bits per heavy atom. The minimum atomic E-state index is -5.84. The largest absolute Gasteiger partial charge is 0.522 e. The van der Waals surface area contributed by atoms with Crippen LogP contribution in [0, 0.1) is 0 Å². The third-order valence-corrected chi connectivity index (χ3v) is 7.16. The summed E-state index contributed by atoms with van der Waals surface area (Å²) in [5.74, 6) is 0. The van der Waals surface area contributed by atoms with Gasteiger partial charge in [0.15, 0.2) is 6.04 Å². The number of anilines is 1. The van der Waals surface area contributed by atoms with Crippen LogP contribution in [0.15, 0.2) is 72.8 Å². The Kier molecular flexibility index (Phi) is 7.62. The van der Waals surface area contributed by atoms with Crippen molar-refractivity contribution in [2.75, 3.05) is 26.0 Å². The van der Waals surface area contributed by atoms with Gasteiger partial charge in [0, 0.05) is 47.0 Å². The molecule has 6 nitrogen and oxygen atoms in total. The van der Waals surface area contributed by atoms with Crippen molar-refractivity contribution >= 4 is 50.5 Å². The smallest absolute Gasteiger partial charge is 0.378 e. The maximum atomic E-state index is 10.7. The molecule has 38 heavy (non-hydrogen) atoms. The van der Waals surface area contributed by atoms with Crippen LogP contribution in [0.5, 0.6) is 0 Å². The zero-order valence-corrected chi connectivity index (χ0v) is 22.3. The highest BCUT2D eigenvalue weighted by Crippen LogP contribution is 2.21. The normalized spacial score (nSPS) is 17.5. The van der Waals surface area contributed by atoms with E-state index in [2.05, 4.69) is 104 Å². The number of para-hydroxylation sites is 1. The van der Waals surface area contributed by atoms with Gasteiger partial charge >= 0.3 is 15.6 Å². The van der Waals surface area contributed by atoms with E-state index in [0.29, 0.717) is 0 Å². The van der Waals surface area contributed by atoms with E-state index >= 15 is 0 Å². The lowest BCUT2D eigenvalue weighted by molar-refractivity contribution is -0.940. The molecule has 5 rings (SSSR count). The lowest BCUT2D eigenvalue weighted by Gasteiger charge is -2.19. The first-order chi connectivity index (χ1) is 17.8. The van der Waals surface area contributed by atoms with Crippen LogP contribution in [-0.4, -0.2) is 44.3 Å². The predicted molar refractivity (Wildman–Crippen MR) is 144 cm³/mol. The Bertz CT molecular complexity index is 1680. The highest BCUT2D eigenvalue weighted by Gasteiger charge is 2.44. The molecule has 0 saturated heterocycles. The maximum absolute atomic E-state index is 10.7. The molecule has 0 spiro atoms. The first-order valence-corrected chi connectivity index (χ1v) is 13.3. The second-order valence-electron chi connectivity index (χ2n) is 9.04. The molecular formula is C27H26ClF3N3O3S+. The minimum Gasteiger partial charge on any atom is -0.378 e. The fourth-order valence-corrected chi connectivity index (χ4v) is 4.57. The summed E-state index contributed by atoms with van der Waals surface area (Å²) < 4.78 is 60.0. The molecule has 0 amide bonds. The Morgan fingerprint density at radius 1 is 1.00 bits per heavy atom. The molecule has 1 aromatic heterocycles. The van der Waals surface area contributed by atoms with Gasteiger partial charge in [0.2, 0.25) is 0 Å². The maximum Gasteiger partial charge on any atom is 0.522 e. The summed E-state index contributed by atoms with van der Waals surface area (Å²) in [6.45, 7) is 0. The summed E-state index contributed by atoms with van der Waals surface area (Å²) in [4.78, 5) is 2.12. The fraction of sp³-hybridized carbons (Fsp3) is 0.185. The van der Waals surface area contributed by atoms with E-state index < -0.39 is 15.6 Å². The highest BCUT2D eigenvalue weighted by molar-refractivity contribution is 7.86. The molecule has 2 heterocycles. The highest BCUT2D eigenvalue weighted by atomic mass is 35.5. The van der Waals surface area contributed by atoms with E-state index in [1.165, 1.54) is 43.3 Å². The predicted octanol–water partition coefficient (Wildman–Crippen LogP) is 3.40. The lowest BCUT2D eigenvalue weighted by atomic mass is 10.1. The Labute approximate surface area is 223 Å². The number of fused-ring (bicyclic) bond motifs is 3. The van der Waals surface area contributed by atoms with Crippen molar-refractivity contribution in [2.24, 2.45) is 0 Å². The number of halogens is 4. The summed E-state index contributed by atoms with van der Waals surface area (Å²) in [6, 6.07) is 25.9. The number of hydrogen-bond donors (Lipinski definition) is 2. The van der Waals surface area contributed by atoms with Crippen LogP contribution in [0.3, 0.4) is 0 Å². The van der Waals surface area contributed by atoms with Gasteiger partial charge in [0.1, 0.15) is 10.9 Å². The van der Waals surface area contributed by atoms with Crippen molar-refractivity contribution in [3.8, 4) is 0 Å². The van der Waals surface area contributed by atoms with Crippen LogP contribution in [0.25, 0.3) is 23.1 Å². The fourth-order valence-electron chi connectivity index (χ4n) is 4.44. The zero-order chi connectivity index (χ0) is 27.8. The first-order valence-electron chi connectivity index (χ1n) is 11.5. The molecule has 2 atom stereocenters. The third kappa shape index (κ3) is 5.58. The molecule has 0 radical (unpaired) electrons. The van der Waals surface area contributed by atoms with Crippen LogP contribution in [0.2, 0.25) is 5.02 Å². The number of nitrogens with zero attached hydrogens (tertiary/aromatic N) is 2. The molecule has 200 valence electrons. The first kappa shape index (κ1) is 27.7. The van der Waals surface area contributed by atoms with Crippen LogP contribution >= 0.6 is 11.6 Å². The second kappa shape index (κ2) is 10.5. The Balaban J connectivity index is 0.000000368. The van der Waals surface area contributed by atoms with E-state index in [1.807, 2.05) is 12.1 Å². The molecule has 0 bridgehead atoms. The molecular weight excluding hydrogens is 539 g/mol. The molecule has 3 aromatic carbocycles. The standard InChI is InChI=1S/C26H24ClN3.CHF3O3S/c1-28(2)21-14-8-18(9-15-21)16-23-22-6-4-5-7-24(22)30-26(23)17-25(29(30)3)19-10-12-20(27)13-11-19;2-1(3,4)8(5,6)7/h4-17,25H,1-3H3;(H,5,6,7)/p+1/b23-16-;. The monoisotopic (exact) mass is 564 g/mol. The van der Waals surface area contributed by atoms with Gasteiger partial charge < -0.3 is 4.90 Å². The van der Waals surface area contributed by atoms with Crippen LogP contribution < -0.4 is 20.5 Å². The average Bonchev–Trinajstić information content (AvgIpc) is 3.34. The number of aromatic nitrogens is 1. The summed E-state index contributed by atoms with van der Waals surface area (Å²) in [6.07, 6.45) is 4.69. The number of rotatable bonds is 3. The number of benzene rings is 3. The Hall–Kier alpha value is -3.31. The van der Waals surface area contributed by atoms with Crippen molar-refractivity contribution < 1.29 is 31.2 Å². The second-order valence-corrected chi connectivity index (χ2v) is 10.9. The van der Waals surface area contributed by atoms with Gasteiger partial charge in [-0.3, -0.25) is 4.55 Å². The van der Waals surface area contributed by atoms with Crippen LogP contribution in [0.1, 0.15) is 17.2 Å². The topological polar surface area (TPSA) is 67.0 Å². The van der Waals surface area contributed by atoms with Gasteiger partial charge in [-0.1, -0.05) is 54.1 Å². The SMILES string of the molecule is CN(C)c1ccc(/C=c2\c3n(c4ccccc24)[NH+](C)C(c2ccc(Cl)cc2)C=3)cc1.O=S(=O)(O)C(F)(F)F. The number of nitrogens with one attached hydrogen (secondary N) is 1. The van der Waals surface area contributed by atoms with Crippen molar-refractivity contribution in [2.45, 2.75) is 11.6 Å². The lowest BCUT2D eigenvalue weighted by Crippen LogP contribution is -3.11. The molecule has 1 aliphatic heterocycles. The quantitative estimate of drug-likeness (QED) is 0.296. The van der Waals surface area contributed by atoms with Gasteiger partial charge in [-0.25, -0.2) is 5.01 Å². The van der Waals surface area contributed by atoms with Crippen molar-refractivity contribution in [1.82, 2.24) is 4.68 Å². The van der Waals surface area contributed by atoms with Crippen LogP contribution in [0.4, 0.5) is 18.9 Å². The molecule has 2 N–H and O–H groups in total. The van der Waals surface area contributed by atoms with Gasteiger partial charge in [-0.15, -0.1) is 0 Å². The number of quaternary nitrogens is 1. The van der Waals surface area contributed by atoms with E-state index in [0.717, 1.165) is 5.02 Å². The van der Waals surface area contributed by atoms with Gasteiger partial charge in [-0.2, -0.15) is 26.3 Å². The number of alkyl halides is 3. The summed E-state index contributed by atoms with van der Waals surface area (Å²) >= 11 is 6.12. The summed E-state index contributed by atoms with van der Waals surface area (Å²) in [7, 11) is 0.524. The van der Waals surface area contributed by atoms with E-state index in [9.17, 15) is 13.2 Å². The minimum absolute atomic E-state index is 0.255. The van der Waals surface area contributed by atoms with Gasteiger partial charge in [0.05, 0.1) is 7.05 Å². The van der Waals surface area contributed by atoms with E-state index in [4.69, 9.17) is 24.6 Å². The van der Waals surface area contributed by atoms with Crippen LogP contribution in [-0.2, 0) is 10.1 Å².